The summed E-state index contributed by atoms with van der Waals surface area (Å²) in [6.45, 7) is 6.86. The Morgan fingerprint density at radius 1 is 1.11 bits per heavy atom. The normalized spacial score (nSPS) is 14.3. The molecule has 0 bridgehead atoms. The van der Waals surface area contributed by atoms with Gasteiger partial charge < -0.3 is 10.4 Å². The van der Waals surface area contributed by atoms with E-state index < -0.39 is 11.5 Å². The highest BCUT2D eigenvalue weighted by atomic mass is 32.2. The average molecular weight is 289 g/mol. The highest BCUT2D eigenvalue weighted by Crippen LogP contribution is 2.16. The molecule has 0 aromatic carbocycles. The van der Waals surface area contributed by atoms with Gasteiger partial charge in [0.1, 0.15) is 5.54 Å². The summed E-state index contributed by atoms with van der Waals surface area (Å²) in [5.74, 6) is 1.68. The van der Waals surface area contributed by atoms with E-state index in [4.69, 9.17) is 0 Å². The van der Waals surface area contributed by atoms with Crippen LogP contribution in [0.25, 0.3) is 0 Å². The third-order valence-corrected chi connectivity index (χ3v) is 4.50. The predicted octanol–water partition coefficient (Wildman–Crippen LogP) is 3.92. The molecule has 0 aromatic rings. The summed E-state index contributed by atoms with van der Waals surface area (Å²) in [5.41, 5.74) is -0.747. The number of carbonyl (C=O) groups is 1. The van der Waals surface area contributed by atoms with Crippen molar-refractivity contribution >= 4 is 17.7 Å². The molecule has 1 unspecified atom stereocenters. The lowest BCUT2D eigenvalue weighted by Gasteiger charge is -2.26. The SMILES string of the molecule is CCCCCSCCCCC(C)(NCCC)C(=O)O. The zero-order valence-corrected chi connectivity index (χ0v) is 13.7. The predicted molar refractivity (Wildman–Crippen MR) is 85.0 cm³/mol. The van der Waals surface area contributed by atoms with E-state index in [1.807, 2.05) is 11.8 Å². The fourth-order valence-electron chi connectivity index (χ4n) is 1.91. The number of hydrogen-bond donors (Lipinski definition) is 2. The maximum absolute atomic E-state index is 11.3. The Morgan fingerprint density at radius 3 is 2.26 bits per heavy atom. The molecule has 0 saturated carbocycles. The molecule has 114 valence electrons. The van der Waals surface area contributed by atoms with Crippen molar-refractivity contribution in [2.45, 2.75) is 71.3 Å². The van der Waals surface area contributed by atoms with Crippen LogP contribution >= 0.6 is 11.8 Å². The van der Waals surface area contributed by atoms with Crippen LogP contribution in [0.4, 0.5) is 0 Å². The second-order valence-corrected chi connectivity index (χ2v) is 6.57. The molecule has 0 amide bonds. The van der Waals surface area contributed by atoms with Crippen LogP contribution < -0.4 is 5.32 Å². The second-order valence-electron chi connectivity index (χ2n) is 5.34. The van der Waals surface area contributed by atoms with E-state index in [9.17, 15) is 9.90 Å². The fraction of sp³-hybridized carbons (Fsp3) is 0.933. The van der Waals surface area contributed by atoms with Gasteiger partial charge in [0.15, 0.2) is 0 Å². The first-order valence-corrected chi connectivity index (χ1v) is 8.78. The van der Waals surface area contributed by atoms with Crippen molar-refractivity contribution in [1.29, 1.82) is 0 Å². The second kappa shape index (κ2) is 11.6. The molecule has 0 spiro atoms. The first-order valence-electron chi connectivity index (χ1n) is 7.63. The smallest absolute Gasteiger partial charge is 0.323 e. The van der Waals surface area contributed by atoms with Gasteiger partial charge >= 0.3 is 5.97 Å². The van der Waals surface area contributed by atoms with E-state index in [1.54, 1.807) is 6.92 Å². The molecule has 2 N–H and O–H groups in total. The third kappa shape index (κ3) is 9.33. The van der Waals surface area contributed by atoms with E-state index >= 15 is 0 Å². The van der Waals surface area contributed by atoms with E-state index in [1.165, 1.54) is 25.0 Å². The Balaban J connectivity index is 3.67. The molecule has 0 radical (unpaired) electrons. The summed E-state index contributed by atoms with van der Waals surface area (Å²) >= 11 is 2.00. The lowest BCUT2D eigenvalue weighted by molar-refractivity contribution is -0.144. The summed E-state index contributed by atoms with van der Waals surface area (Å²) in [4.78, 5) is 11.3. The van der Waals surface area contributed by atoms with Gasteiger partial charge in [-0.3, -0.25) is 4.79 Å². The molecule has 0 saturated heterocycles. The standard InChI is InChI=1S/C15H31NO2S/c1-4-6-8-12-19-13-9-7-10-15(3,14(17)18)16-11-5-2/h16H,4-13H2,1-3H3,(H,17,18). The Morgan fingerprint density at radius 2 is 1.74 bits per heavy atom. The largest absolute Gasteiger partial charge is 0.480 e. The molecule has 3 nitrogen and oxygen atoms in total. The summed E-state index contributed by atoms with van der Waals surface area (Å²) < 4.78 is 0. The molecule has 19 heavy (non-hydrogen) atoms. The lowest BCUT2D eigenvalue weighted by Crippen LogP contribution is -2.49. The van der Waals surface area contributed by atoms with Crippen molar-refractivity contribution in [2.75, 3.05) is 18.1 Å². The van der Waals surface area contributed by atoms with Gasteiger partial charge in [0.25, 0.3) is 0 Å². The molecule has 1 atom stereocenters. The molecular formula is C15H31NO2S. The average Bonchev–Trinajstić information content (AvgIpc) is 2.39. The number of carboxylic acid groups (broad SMARTS) is 1. The monoisotopic (exact) mass is 289 g/mol. The van der Waals surface area contributed by atoms with Gasteiger partial charge in [-0.25, -0.2) is 0 Å². The maximum atomic E-state index is 11.3. The van der Waals surface area contributed by atoms with Crippen molar-refractivity contribution in [1.82, 2.24) is 5.32 Å². The fourth-order valence-corrected chi connectivity index (χ4v) is 2.93. The molecule has 0 aliphatic carbocycles. The van der Waals surface area contributed by atoms with Gasteiger partial charge in [0.2, 0.25) is 0 Å². The van der Waals surface area contributed by atoms with Gasteiger partial charge in [-0.15, -0.1) is 0 Å². The Hall–Kier alpha value is -0.220. The van der Waals surface area contributed by atoms with Crippen molar-refractivity contribution in [2.24, 2.45) is 0 Å². The maximum Gasteiger partial charge on any atom is 0.323 e. The van der Waals surface area contributed by atoms with Crippen molar-refractivity contribution in [3.63, 3.8) is 0 Å². The Labute approximate surface area is 122 Å². The lowest BCUT2D eigenvalue weighted by atomic mass is 9.95. The first kappa shape index (κ1) is 18.8. The quantitative estimate of drug-likeness (QED) is 0.505. The van der Waals surface area contributed by atoms with Crippen LogP contribution in [0.2, 0.25) is 0 Å². The number of hydrogen-bond acceptors (Lipinski definition) is 3. The van der Waals surface area contributed by atoms with Crippen LogP contribution in [0.15, 0.2) is 0 Å². The number of aliphatic carboxylic acids is 1. The molecular weight excluding hydrogens is 258 g/mol. The molecule has 0 aliphatic heterocycles. The van der Waals surface area contributed by atoms with Crippen LogP contribution in [0.5, 0.6) is 0 Å². The molecule has 4 heteroatoms. The minimum atomic E-state index is -0.747. The summed E-state index contributed by atoms with van der Waals surface area (Å²) in [7, 11) is 0. The van der Waals surface area contributed by atoms with Crippen LogP contribution in [-0.4, -0.2) is 34.7 Å². The summed E-state index contributed by atoms with van der Waals surface area (Å²) in [6, 6.07) is 0. The van der Waals surface area contributed by atoms with E-state index in [0.717, 1.165) is 38.0 Å². The van der Waals surface area contributed by atoms with Gasteiger partial charge in [0.05, 0.1) is 0 Å². The Kier molecular flexibility index (Phi) is 11.5. The molecule has 0 heterocycles. The highest BCUT2D eigenvalue weighted by Gasteiger charge is 2.31. The van der Waals surface area contributed by atoms with E-state index in [-0.39, 0.29) is 0 Å². The van der Waals surface area contributed by atoms with Crippen molar-refractivity contribution < 1.29 is 9.90 Å². The molecule has 0 aliphatic rings. The first-order chi connectivity index (χ1) is 9.06. The van der Waals surface area contributed by atoms with Crippen molar-refractivity contribution in [3.05, 3.63) is 0 Å². The minimum Gasteiger partial charge on any atom is -0.480 e. The number of unbranched alkanes of at least 4 members (excludes halogenated alkanes) is 3. The number of rotatable bonds is 13. The van der Waals surface area contributed by atoms with Crippen molar-refractivity contribution in [3.8, 4) is 0 Å². The zero-order chi connectivity index (χ0) is 14.6. The minimum absolute atomic E-state index is 0.720. The van der Waals surface area contributed by atoms with Gasteiger partial charge in [-0.1, -0.05) is 33.1 Å². The van der Waals surface area contributed by atoms with Gasteiger partial charge in [-0.2, -0.15) is 11.8 Å². The summed E-state index contributed by atoms with van der Waals surface area (Å²) in [5, 5.41) is 12.4. The van der Waals surface area contributed by atoms with Gasteiger partial charge in [-0.05, 0) is 50.7 Å². The number of thioether (sulfide) groups is 1. The van der Waals surface area contributed by atoms with Crippen LogP contribution in [0, 0.1) is 0 Å². The zero-order valence-electron chi connectivity index (χ0n) is 12.8. The van der Waals surface area contributed by atoms with Crippen LogP contribution in [0.1, 0.15) is 65.7 Å². The van der Waals surface area contributed by atoms with E-state index in [2.05, 4.69) is 19.2 Å². The van der Waals surface area contributed by atoms with E-state index in [0.29, 0.717) is 0 Å². The molecule has 0 aromatic heterocycles. The Bertz CT molecular complexity index is 236. The third-order valence-electron chi connectivity index (χ3n) is 3.34. The summed E-state index contributed by atoms with van der Waals surface area (Å²) in [6.07, 6.45) is 7.71. The molecule has 0 fully saturated rings. The van der Waals surface area contributed by atoms with Gasteiger partial charge in [0, 0.05) is 0 Å². The number of nitrogens with one attached hydrogen (secondary N) is 1. The van der Waals surface area contributed by atoms with Crippen LogP contribution in [0.3, 0.4) is 0 Å². The highest BCUT2D eigenvalue weighted by molar-refractivity contribution is 7.99. The van der Waals surface area contributed by atoms with Crippen LogP contribution in [-0.2, 0) is 4.79 Å². The number of carboxylic acids is 1. The topological polar surface area (TPSA) is 49.3 Å². The molecule has 0 rings (SSSR count).